The topological polar surface area (TPSA) is 109 Å². The minimum Gasteiger partial charge on any atom is -0.505 e. The molecule has 1 fully saturated rings. The number of nitrogens with two attached hydrogens (primary N) is 1. The third-order valence-corrected chi connectivity index (χ3v) is 6.21. The van der Waals surface area contributed by atoms with Gasteiger partial charge in [-0.2, -0.15) is 0 Å². The Morgan fingerprint density at radius 2 is 1.94 bits per heavy atom. The number of phenols is 1. The van der Waals surface area contributed by atoms with Crippen molar-refractivity contribution in [3.05, 3.63) is 65.1 Å². The zero-order valence-electron chi connectivity index (χ0n) is 17.8. The molecule has 0 saturated carbocycles. The van der Waals surface area contributed by atoms with Crippen molar-refractivity contribution in [2.45, 2.75) is 32.0 Å². The van der Waals surface area contributed by atoms with Crippen molar-refractivity contribution in [2.75, 3.05) is 13.1 Å². The Kier molecular flexibility index (Phi) is 5.33. The molecule has 3 N–H and O–H groups in total. The van der Waals surface area contributed by atoms with Crippen LogP contribution in [0.3, 0.4) is 0 Å². The monoisotopic (exact) mass is 450 g/mol. The highest BCUT2D eigenvalue weighted by molar-refractivity contribution is 6.09. The molecular weight excluding hydrogens is 427 g/mol. The number of amides is 2. The van der Waals surface area contributed by atoms with Crippen LogP contribution in [0.25, 0.3) is 10.9 Å². The Balaban J connectivity index is 1.51. The van der Waals surface area contributed by atoms with Gasteiger partial charge in [0.05, 0.1) is 12.1 Å². The van der Waals surface area contributed by atoms with Crippen molar-refractivity contribution >= 4 is 22.9 Å². The van der Waals surface area contributed by atoms with Gasteiger partial charge in [0.25, 0.3) is 5.91 Å². The lowest BCUT2D eigenvalue weighted by Gasteiger charge is -2.29. The van der Waals surface area contributed by atoms with E-state index in [1.807, 2.05) is 0 Å². The van der Waals surface area contributed by atoms with Gasteiger partial charge in [0.2, 0.25) is 0 Å². The van der Waals surface area contributed by atoms with Gasteiger partial charge in [-0.3, -0.25) is 9.78 Å². The molecule has 170 valence electrons. The van der Waals surface area contributed by atoms with E-state index in [9.17, 15) is 19.1 Å². The first-order chi connectivity index (χ1) is 15.9. The molecule has 0 bridgehead atoms. The molecule has 0 atom stereocenters. The molecule has 0 radical (unpaired) electrons. The standard InChI is InChI=1S/C24H23FN4O4/c25-15-5-3-14(4-6-15)12-29-13-18-19(23(29)31)21(30)20-17(2-1-9-27-20)22(18)33-24(32)28-10-7-16(26)8-11-28/h1-6,9,16,30H,7-8,10-13,26H2. The Hall–Kier alpha value is -3.72. The molecule has 1 saturated heterocycles. The predicted molar refractivity (Wildman–Crippen MR) is 118 cm³/mol. The molecule has 2 amide bonds. The van der Waals surface area contributed by atoms with Gasteiger partial charge >= 0.3 is 6.09 Å². The number of phenolic OH excluding ortho intramolecular Hbond substituents is 1. The number of aromatic hydroxyl groups is 1. The van der Waals surface area contributed by atoms with Crippen LogP contribution in [-0.2, 0) is 13.1 Å². The largest absolute Gasteiger partial charge is 0.505 e. The lowest BCUT2D eigenvalue weighted by atomic mass is 10.0. The van der Waals surface area contributed by atoms with Crippen molar-refractivity contribution < 1.29 is 23.8 Å². The van der Waals surface area contributed by atoms with E-state index in [2.05, 4.69) is 4.98 Å². The molecule has 8 nitrogen and oxygen atoms in total. The highest BCUT2D eigenvalue weighted by atomic mass is 19.1. The van der Waals surface area contributed by atoms with Gasteiger partial charge in [0, 0.05) is 42.8 Å². The maximum absolute atomic E-state index is 13.3. The van der Waals surface area contributed by atoms with Crippen molar-refractivity contribution in [3.8, 4) is 11.5 Å². The average molecular weight is 450 g/mol. The number of ether oxygens (including phenoxy) is 1. The molecule has 0 unspecified atom stereocenters. The van der Waals surface area contributed by atoms with Crippen molar-refractivity contribution in [3.63, 3.8) is 0 Å². The van der Waals surface area contributed by atoms with E-state index in [1.165, 1.54) is 23.2 Å². The number of hydrogen-bond donors (Lipinski definition) is 2. The summed E-state index contributed by atoms with van der Waals surface area (Å²) in [6.45, 7) is 1.34. The number of benzene rings is 2. The van der Waals surface area contributed by atoms with Crippen LogP contribution in [0.15, 0.2) is 42.6 Å². The fraction of sp³-hybridized carbons (Fsp3) is 0.292. The Labute approximate surface area is 189 Å². The minimum atomic E-state index is -0.524. The summed E-state index contributed by atoms with van der Waals surface area (Å²) in [5.41, 5.74) is 7.38. The van der Waals surface area contributed by atoms with Crippen LogP contribution in [-0.4, -0.2) is 51.0 Å². The summed E-state index contributed by atoms with van der Waals surface area (Å²) >= 11 is 0. The first-order valence-electron chi connectivity index (χ1n) is 10.8. The molecule has 33 heavy (non-hydrogen) atoms. The molecule has 1 aromatic heterocycles. The maximum Gasteiger partial charge on any atom is 0.415 e. The highest BCUT2D eigenvalue weighted by Gasteiger charge is 2.37. The molecule has 5 rings (SSSR count). The predicted octanol–water partition coefficient (Wildman–Crippen LogP) is 3.16. The van der Waals surface area contributed by atoms with Crippen LogP contribution in [0, 0.1) is 5.82 Å². The second-order valence-electron chi connectivity index (χ2n) is 8.41. The Morgan fingerprint density at radius 3 is 2.67 bits per heavy atom. The number of carbonyl (C=O) groups excluding carboxylic acids is 2. The molecule has 9 heteroatoms. The maximum atomic E-state index is 13.3. The number of piperidine rings is 1. The smallest absolute Gasteiger partial charge is 0.415 e. The van der Waals surface area contributed by atoms with E-state index < -0.39 is 12.0 Å². The van der Waals surface area contributed by atoms with Gasteiger partial charge < -0.3 is 25.4 Å². The first kappa shape index (κ1) is 21.1. The zero-order valence-corrected chi connectivity index (χ0v) is 17.8. The second-order valence-corrected chi connectivity index (χ2v) is 8.41. The first-order valence-corrected chi connectivity index (χ1v) is 10.8. The molecule has 2 aliphatic heterocycles. The quantitative estimate of drug-likeness (QED) is 0.635. The third-order valence-electron chi connectivity index (χ3n) is 6.21. The molecule has 3 heterocycles. The number of halogens is 1. The SMILES string of the molecule is NC1CCN(C(=O)Oc2c3c(c(O)c4ncccc24)C(=O)N(Cc2ccc(F)cc2)C3)CC1. The van der Waals surface area contributed by atoms with Crippen LogP contribution in [0.4, 0.5) is 9.18 Å². The van der Waals surface area contributed by atoms with Crippen LogP contribution in [0.2, 0.25) is 0 Å². The number of hydrogen-bond acceptors (Lipinski definition) is 6. The molecular formula is C24H23FN4O4. The van der Waals surface area contributed by atoms with E-state index in [4.69, 9.17) is 10.5 Å². The molecule has 3 aromatic rings. The number of nitrogens with zero attached hydrogens (tertiary/aromatic N) is 3. The average Bonchev–Trinajstić information content (AvgIpc) is 3.14. The minimum absolute atomic E-state index is 0.0645. The lowest BCUT2D eigenvalue weighted by molar-refractivity contribution is 0.0764. The van der Waals surface area contributed by atoms with Crippen molar-refractivity contribution in [2.24, 2.45) is 5.73 Å². The van der Waals surface area contributed by atoms with E-state index in [1.54, 1.807) is 29.2 Å². The third kappa shape index (κ3) is 3.84. The summed E-state index contributed by atoms with van der Waals surface area (Å²) in [5.74, 6) is -0.782. The molecule has 0 aliphatic carbocycles. The van der Waals surface area contributed by atoms with Crippen molar-refractivity contribution in [1.82, 2.24) is 14.8 Å². The van der Waals surface area contributed by atoms with E-state index in [-0.39, 0.29) is 47.5 Å². The van der Waals surface area contributed by atoms with Gasteiger partial charge in [-0.15, -0.1) is 0 Å². The summed E-state index contributed by atoms with van der Waals surface area (Å²) < 4.78 is 19.1. The van der Waals surface area contributed by atoms with Crippen LogP contribution >= 0.6 is 0 Å². The van der Waals surface area contributed by atoms with Gasteiger partial charge in [-0.05, 0) is 42.7 Å². The van der Waals surface area contributed by atoms with Crippen LogP contribution < -0.4 is 10.5 Å². The summed E-state index contributed by atoms with van der Waals surface area (Å²) in [6.07, 6.45) is 2.36. The fourth-order valence-electron chi connectivity index (χ4n) is 4.41. The number of rotatable bonds is 3. The van der Waals surface area contributed by atoms with E-state index >= 15 is 0 Å². The molecule has 2 aliphatic rings. The van der Waals surface area contributed by atoms with Gasteiger partial charge in [0.15, 0.2) is 5.75 Å². The van der Waals surface area contributed by atoms with Gasteiger partial charge in [0.1, 0.15) is 17.1 Å². The second kappa shape index (κ2) is 8.32. The highest BCUT2D eigenvalue weighted by Crippen LogP contribution is 2.44. The Bertz CT molecular complexity index is 1240. The normalized spacial score (nSPS) is 16.4. The van der Waals surface area contributed by atoms with Gasteiger partial charge in [-0.1, -0.05) is 12.1 Å². The summed E-state index contributed by atoms with van der Waals surface area (Å²) in [7, 11) is 0. The van der Waals surface area contributed by atoms with Gasteiger partial charge in [-0.25, -0.2) is 9.18 Å². The Morgan fingerprint density at radius 1 is 1.21 bits per heavy atom. The summed E-state index contributed by atoms with van der Waals surface area (Å²) in [5, 5.41) is 11.3. The number of pyridine rings is 1. The molecule has 0 spiro atoms. The fourth-order valence-corrected chi connectivity index (χ4v) is 4.41. The van der Waals surface area contributed by atoms with Crippen LogP contribution in [0.5, 0.6) is 11.5 Å². The number of carbonyl (C=O) groups is 2. The van der Waals surface area contributed by atoms with Crippen molar-refractivity contribution in [1.29, 1.82) is 0 Å². The zero-order chi connectivity index (χ0) is 23.1. The van der Waals surface area contributed by atoms with Crippen LogP contribution in [0.1, 0.15) is 34.3 Å². The van der Waals surface area contributed by atoms with E-state index in [0.29, 0.717) is 36.9 Å². The summed E-state index contributed by atoms with van der Waals surface area (Å²) in [4.78, 5) is 33.5. The lowest BCUT2D eigenvalue weighted by Crippen LogP contribution is -2.44. The summed E-state index contributed by atoms with van der Waals surface area (Å²) in [6, 6.07) is 9.31. The number of fused-ring (bicyclic) bond motifs is 2. The van der Waals surface area contributed by atoms with E-state index in [0.717, 1.165) is 5.56 Å². The number of likely N-dealkylation sites (tertiary alicyclic amines) is 1. The number of aromatic nitrogens is 1. The molecule has 2 aromatic carbocycles.